The van der Waals surface area contributed by atoms with Crippen LogP contribution in [0, 0.1) is 13.8 Å². The number of carbonyl (C=O) groups excluding carboxylic acids is 1. The fourth-order valence-corrected chi connectivity index (χ4v) is 3.91. The molecule has 1 heterocycles. The molecule has 1 N–H and O–H groups in total. The summed E-state index contributed by atoms with van der Waals surface area (Å²) in [7, 11) is -3.91. The van der Waals surface area contributed by atoms with Crippen molar-refractivity contribution >= 4 is 15.9 Å². The minimum absolute atomic E-state index is 0.0232. The molecule has 0 radical (unpaired) electrons. The predicted octanol–water partition coefficient (Wildman–Crippen LogP) is 2.08. The first kappa shape index (κ1) is 18.9. The van der Waals surface area contributed by atoms with Crippen LogP contribution in [-0.2, 0) is 24.3 Å². The highest BCUT2D eigenvalue weighted by atomic mass is 32.2. The molecule has 0 aromatic heterocycles. The summed E-state index contributed by atoms with van der Waals surface area (Å²) in [6.45, 7) is 6.11. The highest BCUT2D eigenvalue weighted by Gasteiger charge is 2.24. The average Bonchev–Trinajstić information content (AvgIpc) is 2.52. The maximum Gasteiger partial charge on any atom is 0.264 e. The molecule has 1 aromatic rings. The van der Waals surface area contributed by atoms with E-state index in [1.165, 1.54) is 13.0 Å². The van der Waals surface area contributed by atoms with Crippen LogP contribution in [0.15, 0.2) is 23.1 Å². The van der Waals surface area contributed by atoms with Crippen LogP contribution in [-0.4, -0.2) is 39.7 Å². The molecule has 6 nitrogen and oxygen atoms in total. The molecule has 1 aliphatic rings. The molecule has 1 fully saturated rings. The van der Waals surface area contributed by atoms with Crippen LogP contribution in [0.4, 0.5) is 0 Å². The number of ether oxygens (including phenoxy) is 2. The third-order valence-corrected chi connectivity index (χ3v) is 5.54. The topological polar surface area (TPSA) is 81.7 Å². The van der Waals surface area contributed by atoms with Crippen LogP contribution in [0.2, 0.25) is 0 Å². The largest absolute Gasteiger partial charge is 0.376 e. The fourth-order valence-electron chi connectivity index (χ4n) is 2.64. The molecule has 0 aliphatic carbocycles. The summed E-state index contributed by atoms with van der Waals surface area (Å²) in [6, 6.07) is 4.97. The van der Waals surface area contributed by atoms with Gasteiger partial charge in [-0.15, -0.1) is 0 Å². The zero-order valence-electron chi connectivity index (χ0n) is 14.4. The van der Waals surface area contributed by atoms with Gasteiger partial charge in [-0.2, -0.15) is 0 Å². The molecule has 0 unspecified atom stereocenters. The second-order valence-corrected chi connectivity index (χ2v) is 7.85. The Morgan fingerprint density at radius 1 is 1.38 bits per heavy atom. The summed E-state index contributed by atoms with van der Waals surface area (Å²) in [4.78, 5) is 12.2. The predicted molar refractivity (Wildman–Crippen MR) is 90.2 cm³/mol. The van der Waals surface area contributed by atoms with Gasteiger partial charge in [-0.3, -0.25) is 4.79 Å². The van der Waals surface area contributed by atoms with Crippen molar-refractivity contribution in [3.63, 3.8) is 0 Å². The summed E-state index contributed by atoms with van der Waals surface area (Å²) < 4.78 is 37.8. The standard InChI is InChI=1S/C17H25NO5S/c1-12-7-8-16(13(2)10-12)24(20,21)18-17(19)14(3)23-11-15-6-4-5-9-22-15/h7-8,10,14-15H,4-6,9,11H2,1-3H3,(H,18,19)/t14-,15+/m1/s1. The van der Waals surface area contributed by atoms with Gasteiger partial charge in [-0.1, -0.05) is 17.7 Å². The van der Waals surface area contributed by atoms with Gasteiger partial charge in [0.2, 0.25) is 0 Å². The summed E-state index contributed by atoms with van der Waals surface area (Å²) in [6.07, 6.45) is 2.13. The van der Waals surface area contributed by atoms with Crippen LogP contribution >= 0.6 is 0 Å². The van der Waals surface area contributed by atoms with Gasteiger partial charge in [0.25, 0.3) is 15.9 Å². The number of rotatable bonds is 6. The first-order valence-corrected chi connectivity index (χ1v) is 9.65. The molecule has 0 spiro atoms. The third-order valence-electron chi connectivity index (χ3n) is 4.03. The fraction of sp³-hybridized carbons (Fsp3) is 0.588. The van der Waals surface area contributed by atoms with Crippen LogP contribution in [0.25, 0.3) is 0 Å². The molecule has 7 heteroatoms. The third kappa shape index (κ3) is 5.03. The molecule has 1 aliphatic heterocycles. The van der Waals surface area contributed by atoms with E-state index in [1.54, 1.807) is 19.1 Å². The van der Waals surface area contributed by atoms with Gasteiger partial charge in [-0.05, 0) is 51.7 Å². The van der Waals surface area contributed by atoms with Gasteiger partial charge >= 0.3 is 0 Å². The van der Waals surface area contributed by atoms with E-state index in [2.05, 4.69) is 4.72 Å². The highest BCUT2D eigenvalue weighted by molar-refractivity contribution is 7.90. The van der Waals surface area contributed by atoms with Gasteiger partial charge in [0.15, 0.2) is 0 Å². The number of benzene rings is 1. The van der Waals surface area contributed by atoms with Gasteiger partial charge < -0.3 is 9.47 Å². The lowest BCUT2D eigenvalue weighted by Gasteiger charge is -2.23. The van der Waals surface area contributed by atoms with Crippen molar-refractivity contribution in [1.82, 2.24) is 4.72 Å². The van der Waals surface area contributed by atoms with E-state index >= 15 is 0 Å². The van der Waals surface area contributed by atoms with E-state index in [0.29, 0.717) is 12.2 Å². The molecule has 134 valence electrons. The number of sulfonamides is 1. The summed E-state index contributed by atoms with van der Waals surface area (Å²) in [5.74, 6) is -0.675. The second kappa shape index (κ2) is 8.09. The Kier molecular flexibility index (Phi) is 6.37. The molecule has 1 amide bonds. The minimum Gasteiger partial charge on any atom is -0.376 e. The van der Waals surface area contributed by atoms with Crippen LogP contribution in [0.5, 0.6) is 0 Å². The van der Waals surface area contributed by atoms with Crippen molar-refractivity contribution < 1.29 is 22.7 Å². The van der Waals surface area contributed by atoms with Gasteiger partial charge in [0.1, 0.15) is 6.10 Å². The molecule has 24 heavy (non-hydrogen) atoms. The summed E-state index contributed by atoms with van der Waals surface area (Å²) >= 11 is 0. The highest BCUT2D eigenvalue weighted by Crippen LogP contribution is 2.17. The lowest BCUT2D eigenvalue weighted by Crippen LogP contribution is -2.40. The number of hydrogen-bond donors (Lipinski definition) is 1. The van der Waals surface area contributed by atoms with Gasteiger partial charge in [0, 0.05) is 6.61 Å². The molecule has 0 saturated carbocycles. The Hall–Kier alpha value is -1.44. The van der Waals surface area contributed by atoms with Crippen molar-refractivity contribution in [2.24, 2.45) is 0 Å². The zero-order chi connectivity index (χ0) is 17.7. The molecule has 0 bridgehead atoms. The monoisotopic (exact) mass is 355 g/mol. The number of carbonyl (C=O) groups is 1. The van der Waals surface area contributed by atoms with E-state index < -0.39 is 22.0 Å². The summed E-state index contributed by atoms with van der Waals surface area (Å²) in [5.41, 5.74) is 1.56. The van der Waals surface area contributed by atoms with Crippen molar-refractivity contribution in [2.45, 2.75) is 57.1 Å². The van der Waals surface area contributed by atoms with Crippen molar-refractivity contribution in [1.29, 1.82) is 0 Å². The second-order valence-electron chi connectivity index (χ2n) is 6.20. The molecule has 2 rings (SSSR count). The van der Waals surface area contributed by atoms with Crippen LogP contribution in [0.3, 0.4) is 0 Å². The van der Waals surface area contributed by atoms with E-state index in [1.807, 2.05) is 6.92 Å². The van der Waals surface area contributed by atoms with Gasteiger partial charge in [-0.25, -0.2) is 13.1 Å². The number of nitrogens with one attached hydrogen (secondary N) is 1. The Bertz CT molecular complexity index is 680. The lowest BCUT2D eigenvalue weighted by atomic mass is 10.1. The first-order valence-electron chi connectivity index (χ1n) is 8.17. The van der Waals surface area contributed by atoms with Crippen LogP contribution in [0.1, 0.15) is 37.3 Å². The van der Waals surface area contributed by atoms with Crippen LogP contribution < -0.4 is 4.72 Å². The Balaban J connectivity index is 1.94. The molecular formula is C17H25NO5S. The Morgan fingerprint density at radius 3 is 2.75 bits per heavy atom. The van der Waals surface area contributed by atoms with E-state index in [-0.39, 0.29) is 17.6 Å². The smallest absolute Gasteiger partial charge is 0.264 e. The van der Waals surface area contributed by atoms with Crippen molar-refractivity contribution in [3.8, 4) is 0 Å². The van der Waals surface area contributed by atoms with E-state index in [4.69, 9.17) is 9.47 Å². The van der Waals surface area contributed by atoms with E-state index in [9.17, 15) is 13.2 Å². The molecular weight excluding hydrogens is 330 g/mol. The molecule has 1 aromatic carbocycles. The minimum atomic E-state index is -3.91. The summed E-state index contributed by atoms with van der Waals surface area (Å²) in [5, 5.41) is 0. The van der Waals surface area contributed by atoms with Crippen molar-refractivity contribution in [2.75, 3.05) is 13.2 Å². The maximum absolute atomic E-state index is 12.4. The Morgan fingerprint density at radius 2 is 2.12 bits per heavy atom. The first-order chi connectivity index (χ1) is 11.3. The molecule has 2 atom stereocenters. The Labute approximate surface area is 143 Å². The number of aryl methyl sites for hydroxylation is 2. The normalized spacial score (nSPS) is 19.7. The number of amides is 1. The zero-order valence-corrected chi connectivity index (χ0v) is 15.2. The van der Waals surface area contributed by atoms with Gasteiger partial charge in [0.05, 0.1) is 17.6 Å². The maximum atomic E-state index is 12.4. The lowest BCUT2D eigenvalue weighted by molar-refractivity contribution is -0.133. The quantitative estimate of drug-likeness (QED) is 0.845. The average molecular weight is 355 g/mol. The van der Waals surface area contributed by atoms with E-state index in [0.717, 1.165) is 24.8 Å². The number of hydrogen-bond acceptors (Lipinski definition) is 5. The van der Waals surface area contributed by atoms with Crippen molar-refractivity contribution in [3.05, 3.63) is 29.3 Å². The molecule has 1 saturated heterocycles. The SMILES string of the molecule is Cc1ccc(S(=O)(=O)NC(=O)[C@@H](C)OC[C@@H]2CCCCO2)c(C)c1.